The molecule has 5 nitrogen and oxygen atoms in total. The Morgan fingerprint density at radius 3 is 2.68 bits per heavy atom. The Balaban J connectivity index is 2.16. The van der Waals surface area contributed by atoms with Crippen molar-refractivity contribution in [2.75, 3.05) is 7.11 Å². The molecule has 28 heavy (non-hydrogen) atoms. The van der Waals surface area contributed by atoms with Crippen LogP contribution in [0.1, 0.15) is 58.0 Å². The summed E-state index contributed by atoms with van der Waals surface area (Å²) in [6.07, 6.45) is 4.93. The molecule has 148 valence electrons. The number of oxime groups is 1. The molecule has 0 fully saturated rings. The first-order chi connectivity index (χ1) is 13.5. The molecule has 0 saturated heterocycles. The van der Waals surface area contributed by atoms with Gasteiger partial charge in [0.1, 0.15) is 18.5 Å². The summed E-state index contributed by atoms with van der Waals surface area (Å²) < 4.78 is 2.28. The minimum absolute atomic E-state index is 0.360. The topological polar surface area (TPSA) is 52.3 Å². The number of rotatable bonds is 7. The van der Waals surface area contributed by atoms with Crippen LogP contribution < -0.4 is 0 Å². The lowest BCUT2D eigenvalue weighted by molar-refractivity contribution is 0.213. The van der Waals surface area contributed by atoms with Gasteiger partial charge in [-0.1, -0.05) is 49.2 Å². The van der Waals surface area contributed by atoms with Crippen molar-refractivity contribution in [3.05, 3.63) is 46.9 Å². The van der Waals surface area contributed by atoms with Gasteiger partial charge in [0.05, 0.1) is 5.71 Å². The van der Waals surface area contributed by atoms with E-state index in [9.17, 15) is 0 Å². The quantitative estimate of drug-likeness (QED) is 0.359. The molecule has 0 aliphatic heterocycles. The lowest BCUT2D eigenvalue weighted by Gasteiger charge is -2.15. The van der Waals surface area contributed by atoms with Gasteiger partial charge in [-0.05, 0) is 32.4 Å². The molecule has 0 spiro atoms. The molecule has 1 unspecified atom stereocenters. The number of pyridine rings is 1. The molecule has 0 aliphatic rings. The van der Waals surface area contributed by atoms with Crippen LogP contribution >= 0.6 is 11.6 Å². The maximum Gasteiger partial charge on any atom is 0.160 e. The van der Waals surface area contributed by atoms with E-state index < -0.39 is 0 Å². The van der Waals surface area contributed by atoms with E-state index in [0.29, 0.717) is 11.1 Å². The number of aryl methyl sites for hydroxylation is 1. The molecule has 3 rings (SSSR count). The van der Waals surface area contributed by atoms with Crippen LogP contribution in [-0.4, -0.2) is 27.4 Å². The molecule has 0 saturated carbocycles. The molecule has 0 N–H and O–H groups in total. The molecule has 0 bridgehead atoms. The number of fused-ring (bicyclic) bond motifs is 1. The number of aromatic nitrogens is 3. The van der Waals surface area contributed by atoms with E-state index in [4.69, 9.17) is 21.4 Å². The van der Waals surface area contributed by atoms with Crippen LogP contribution in [0.5, 0.6) is 0 Å². The molecule has 6 heteroatoms. The van der Waals surface area contributed by atoms with E-state index in [1.54, 1.807) is 0 Å². The van der Waals surface area contributed by atoms with Gasteiger partial charge in [0, 0.05) is 40.4 Å². The third kappa shape index (κ3) is 3.76. The first-order valence-corrected chi connectivity index (χ1v) is 10.1. The summed E-state index contributed by atoms with van der Waals surface area (Å²) in [5, 5.41) is 4.64. The molecule has 2 aromatic heterocycles. The van der Waals surface area contributed by atoms with Crippen molar-refractivity contribution in [3.63, 3.8) is 0 Å². The fraction of sp³-hybridized carbons (Fsp3) is 0.409. The molecule has 1 atom stereocenters. The van der Waals surface area contributed by atoms with Gasteiger partial charge in [-0.25, -0.2) is 9.97 Å². The summed E-state index contributed by atoms with van der Waals surface area (Å²) in [7, 11) is 1.54. The highest BCUT2D eigenvalue weighted by molar-refractivity contribution is 6.34. The molecule has 0 aliphatic carbocycles. The van der Waals surface area contributed by atoms with Crippen LogP contribution in [0.2, 0.25) is 5.02 Å². The second kappa shape index (κ2) is 8.74. The Bertz CT molecular complexity index is 1010. The zero-order valence-electron chi connectivity index (χ0n) is 17.2. The van der Waals surface area contributed by atoms with Gasteiger partial charge < -0.3 is 9.40 Å². The summed E-state index contributed by atoms with van der Waals surface area (Å²) in [5.41, 5.74) is 5.48. The summed E-state index contributed by atoms with van der Waals surface area (Å²) in [4.78, 5) is 14.5. The SMILES string of the molecule is CCCC(C)n1c(CC)nc2c(-c3ccc(/C(C)=N/OC)cc3Cl)ccnc21. The zero-order valence-corrected chi connectivity index (χ0v) is 17.9. The monoisotopic (exact) mass is 398 g/mol. The summed E-state index contributed by atoms with van der Waals surface area (Å²) in [6.45, 7) is 8.47. The van der Waals surface area contributed by atoms with Gasteiger partial charge in [-0.3, -0.25) is 0 Å². The molecule has 1 aromatic carbocycles. The van der Waals surface area contributed by atoms with Crippen molar-refractivity contribution in [1.29, 1.82) is 0 Å². The third-order valence-electron chi connectivity index (χ3n) is 5.02. The maximum absolute atomic E-state index is 6.65. The number of nitrogens with zero attached hydrogens (tertiary/aromatic N) is 4. The highest BCUT2D eigenvalue weighted by Gasteiger charge is 2.19. The smallest absolute Gasteiger partial charge is 0.160 e. The maximum atomic E-state index is 6.65. The summed E-state index contributed by atoms with van der Waals surface area (Å²) >= 11 is 6.65. The van der Waals surface area contributed by atoms with E-state index in [0.717, 1.165) is 58.7 Å². The Morgan fingerprint density at radius 2 is 2.04 bits per heavy atom. The number of halogens is 1. The Kier molecular flexibility index (Phi) is 6.35. The normalized spacial score (nSPS) is 13.1. The number of hydrogen-bond donors (Lipinski definition) is 0. The van der Waals surface area contributed by atoms with Crippen molar-refractivity contribution in [3.8, 4) is 11.1 Å². The van der Waals surface area contributed by atoms with Crippen LogP contribution in [0, 0.1) is 0 Å². The average molecular weight is 399 g/mol. The number of imidazole rings is 1. The average Bonchev–Trinajstić information content (AvgIpc) is 3.07. The van der Waals surface area contributed by atoms with Crippen molar-refractivity contribution in [1.82, 2.24) is 14.5 Å². The predicted molar refractivity (Wildman–Crippen MR) is 116 cm³/mol. The minimum Gasteiger partial charge on any atom is -0.399 e. The molecular weight excluding hydrogens is 372 g/mol. The Labute approximate surface area is 171 Å². The lowest BCUT2D eigenvalue weighted by Crippen LogP contribution is -2.09. The minimum atomic E-state index is 0.360. The van der Waals surface area contributed by atoms with Gasteiger partial charge in [-0.15, -0.1) is 0 Å². The van der Waals surface area contributed by atoms with Crippen molar-refractivity contribution in [2.45, 2.75) is 53.0 Å². The van der Waals surface area contributed by atoms with Gasteiger partial charge >= 0.3 is 0 Å². The van der Waals surface area contributed by atoms with Crippen LogP contribution in [0.4, 0.5) is 0 Å². The van der Waals surface area contributed by atoms with E-state index in [-0.39, 0.29) is 0 Å². The van der Waals surface area contributed by atoms with Gasteiger partial charge in [0.25, 0.3) is 0 Å². The van der Waals surface area contributed by atoms with Gasteiger partial charge in [0.2, 0.25) is 0 Å². The zero-order chi connectivity index (χ0) is 20.3. The second-order valence-corrected chi connectivity index (χ2v) is 7.38. The van der Waals surface area contributed by atoms with Crippen LogP contribution in [0.3, 0.4) is 0 Å². The first-order valence-electron chi connectivity index (χ1n) is 9.75. The Hall–Kier alpha value is -2.40. The lowest BCUT2D eigenvalue weighted by atomic mass is 10.0. The third-order valence-corrected chi connectivity index (χ3v) is 5.33. The van der Waals surface area contributed by atoms with Gasteiger partial charge in [-0.2, -0.15) is 0 Å². The molecule has 3 aromatic rings. The number of benzene rings is 1. The van der Waals surface area contributed by atoms with E-state index >= 15 is 0 Å². The largest absolute Gasteiger partial charge is 0.399 e. The Morgan fingerprint density at radius 1 is 1.25 bits per heavy atom. The van der Waals surface area contributed by atoms with Gasteiger partial charge in [0.15, 0.2) is 5.65 Å². The first kappa shape index (κ1) is 20.3. The summed E-state index contributed by atoms with van der Waals surface area (Å²) in [5.74, 6) is 1.06. The fourth-order valence-electron chi connectivity index (χ4n) is 3.66. The molecule has 2 heterocycles. The van der Waals surface area contributed by atoms with Crippen LogP contribution in [0.25, 0.3) is 22.3 Å². The van der Waals surface area contributed by atoms with Crippen LogP contribution in [0.15, 0.2) is 35.6 Å². The van der Waals surface area contributed by atoms with Crippen molar-refractivity contribution in [2.24, 2.45) is 5.16 Å². The highest BCUT2D eigenvalue weighted by Crippen LogP contribution is 2.35. The van der Waals surface area contributed by atoms with E-state index in [2.05, 4.69) is 35.5 Å². The summed E-state index contributed by atoms with van der Waals surface area (Å²) in [6, 6.07) is 8.28. The number of hydrogen-bond acceptors (Lipinski definition) is 4. The molecule has 0 amide bonds. The van der Waals surface area contributed by atoms with Crippen LogP contribution in [-0.2, 0) is 11.3 Å². The van der Waals surface area contributed by atoms with E-state index in [1.165, 1.54) is 7.11 Å². The molecule has 0 radical (unpaired) electrons. The standard InChI is InChI=1S/C22H27ClN4O/c1-6-8-14(3)27-20(7-2)25-21-18(11-12-24-22(21)27)17-10-9-16(13-19(17)23)15(4)26-28-5/h9-14H,6-8H2,1-5H3/b26-15+. The van der Waals surface area contributed by atoms with Crippen molar-refractivity contribution < 1.29 is 4.84 Å². The molecular formula is C22H27ClN4O. The highest BCUT2D eigenvalue weighted by atomic mass is 35.5. The second-order valence-electron chi connectivity index (χ2n) is 6.97. The van der Waals surface area contributed by atoms with Crippen molar-refractivity contribution >= 4 is 28.5 Å². The predicted octanol–water partition coefficient (Wildman–Crippen LogP) is 6.05. The fourth-order valence-corrected chi connectivity index (χ4v) is 3.94. The van der Waals surface area contributed by atoms with E-state index in [1.807, 2.05) is 37.4 Å².